The second-order valence-corrected chi connectivity index (χ2v) is 5.41. The normalized spacial score (nSPS) is 29.6. The van der Waals surface area contributed by atoms with Gasteiger partial charge in [0.1, 0.15) is 0 Å². The fourth-order valence-corrected chi connectivity index (χ4v) is 2.69. The molecule has 1 unspecified atom stereocenters. The summed E-state index contributed by atoms with van der Waals surface area (Å²) in [7, 11) is 0. The largest absolute Gasteiger partial charge is 0.370 e. The molecule has 0 aromatic rings. The summed E-state index contributed by atoms with van der Waals surface area (Å²) in [6.07, 6.45) is 7.74. The summed E-state index contributed by atoms with van der Waals surface area (Å²) in [4.78, 5) is 6.91. The van der Waals surface area contributed by atoms with Gasteiger partial charge in [0.2, 0.25) is 0 Å². The molecule has 2 aliphatic rings. The average molecular weight is 223 g/mol. The molecule has 0 aromatic carbocycles. The van der Waals surface area contributed by atoms with E-state index in [0.717, 1.165) is 25.0 Å². The number of unbranched alkanes of at least 4 members (excludes halogenated alkanes) is 1. The van der Waals surface area contributed by atoms with Crippen molar-refractivity contribution in [2.75, 3.05) is 13.1 Å². The van der Waals surface area contributed by atoms with Gasteiger partial charge < -0.3 is 10.6 Å². The molecule has 2 N–H and O–H groups in total. The van der Waals surface area contributed by atoms with Crippen LogP contribution in [0, 0.1) is 5.92 Å². The van der Waals surface area contributed by atoms with Gasteiger partial charge in [-0.05, 0) is 31.6 Å². The van der Waals surface area contributed by atoms with E-state index < -0.39 is 0 Å². The van der Waals surface area contributed by atoms with Crippen LogP contribution in [0.15, 0.2) is 4.99 Å². The summed E-state index contributed by atoms with van der Waals surface area (Å²) >= 11 is 0. The van der Waals surface area contributed by atoms with Gasteiger partial charge in [-0.2, -0.15) is 0 Å². The van der Waals surface area contributed by atoms with E-state index >= 15 is 0 Å². The highest BCUT2D eigenvalue weighted by molar-refractivity contribution is 5.81. The molecular weight excluding hydrogens is 198 g/mol. The van der Waals surface area contributed by atoms with Gasteiger partial charge in [0, 0.05) is 6.54 Å². The molecule has 3 heteroatoms. The Morgan fingerprint density at radius 2 is 2.19 bits per heavy atom. The van der Waals surface area contributed by atoms with Gasteiger partial charge in [-0.3, -0.25) is 4.99 Å². The SMILES string of the molecule is CCCCC1(CC)CN=C(N)N1CC1CC1. The van der Waals surface area contributed by atoms with Crippen molar-refractivity contribution in [3.05, 3.63) is 0 Å². The van der Waals surface area contributed by atoms with Crippen molar-refractivity contribution in [1.82, 2.24) is 4.90 Å². The van der Waals surface area contributed by atoms with Gasteiger partial charge in [0.25, 0.3) is 0 Å². The van der Waals surface area contributed by atoms with Crippen molar-refractivity contribution in [2.24, 2.45) is 16.6 Å². The highest BCUT2D eigenvalue weighted by Gasteiger charge is 2.42. The quantitative estimate of drug-likeness (QED) is 0.751. The van der Waals surface area contributed by atoms with Crippen molar-refractivity contribution in [3.8, 4) is 0 Å². The first kappa shape index (κ1) is 11.7. The van der Waals surface area contributed by atoms with E-state index in [1.165, 1.54) is 38.5 Å². The van der Waals surface area contributed by atoms with E-state index in [1.807, 2.05) is 0 Å². The second-order valence-electron chi connectivity index (χ2n) is 5.41. The summed E-state index contributed by atoms with van der Waals surface area (Å²) in [5.74, 6) is 1.68. The van der Waals surface area contributed by atoms with Gasteiger partial charge in [-0.15, -0.1) is 0 Å². The van der Waals surface area contributed by atoms with Crippen molar-refractivity contribution < 1.29 is 0 Å². The fraction of sp³-hybridized carbons (Fsp3) is 0.923. The first-order valence-electron chi connectivity index (χ1n) is 6.79. The predicted octanol–water partition coefficient (Wildman–Crippen LogP) is 2.37. The molecule has 0 aromatic heterocycles. The van der Waals surface area contributed by atoms with E-state index in [4.69, 9.17) is 5.73 Å². The van der Waals surface area contributed by atoms with Gasteiger partial charge in [0.15, 0.2) is 5.96 Å². The molecule has 92 valence electrons. The highest BCUT2D eigenvalue weighted by atomic mass is 15.4. The van der Waals surface area contributed by atoms with E-state index in [2.05, 4.69) is 23.7 Å². The van der Waals surface area contributed by atoms with Crippen molar-refractivity contribution in [2.45, 2.75) is 57.9 Å². The Balaban J connectivity index is 2.03. The maximum absolute atomic E-state index is 6.05. The van der Waals surface area contributed by atoms with Crippen LogP contribution in [-0.2, 0) is 0 Å². The fourth-order valence-electron chi connectivity index (χ4n) is 2.69. The van der Waals surface area contributed by atoms with Crippen LogP contribution < -0.4 is 5.73 Å². The Labute approximate surface area is 99.1 Å². The third-order valence-electron chi connectivity index (χ3n) is 4.18. The standard InChI is InChI=1S/C13H25N3/c1-3-5-8-13(4-2)10-15-12(14)16(13)9-11-6-7-11/h11H,3-10H2,1-2H3,(H2,14,15). The molecule has 0 amide bonds. The zero-order chi connectivity index (χ0) is 11.6. The first-order valence-corrected chi connectivity index (χ1v) is 6.79. The Bertz CT molecular complexity index is 270. The Morgan fingerprint density at radius 3 is 2.75 bits per heavy atom. The summed E-state index contributed by atoms with van der Waals surface area (Å²) in [5.41, 5.74) is 6.31. The molecule has 1 fully saturated rings. The second kappa shape index (κ2) is 4.64. The average Bonchev–Trinajstić information content (AvgIpc) is 3.06. The molecule has 1 saturated carbocycles. The Morgan fingerprint density at radius 1 is 1.44 bits per heavy atom. The summed E-state index contributed by atoms with van der Waals surface area (Å²) in [5, 5.41) is 0. The number of hydrogen-bond donors (Lipinski definition) is 1. The molecule has 1 heterocycles. The van der Waals surface area contributed by atoms with Gasteiger partial charge in [-0.25, -0.2) is 0 Å². The number of aliphatic imine (C=N–C) groups is 1. The number of nitrogens with zero attached hydrogens (tertiary/aromatic N) is 2. The maximum atomic E-state index is 6.05. The number of nitrogens with two attached hydrogens (primary N) is 1. The lowest BCUT2D eigenvalue weighted by Crippen LogP contribution is -2.52. The molecule has 1 atom stereocenters. The van der Waals surface area contributed by atoms with Crippen molar-refractivity contribution in [3.63, 3.8) is 0 Å². The van der Waals surface area contributed by atoms with E-state index in [0.29, 0.717) is 0 Å². The van der Waals surface area contributed by atoms with Crippen LogP contribution in [0.1, 0.15) is 52.4 Å². The van der Waals surface area contributed by atoms with Crippen LogP contribution in [0.4, 0.5) is 0 Å². The summed E-state index contributed by atoms with van der Waals surface area (Å²) < 4.78 is 0. The van der Waals surface area contributed by atoms with Crippen LogP contribution in [0.5, 0.6) is 0 Å². The van der Waals surface area contributed by atoms with Gasteiger partial charge in [0.05, 0.1) is 12.1 Å². The molecule has 2 rings (SSSR count). The topological polar surface area (TPSA) is 41.6 Å². The number of guanidine groups is 1. The summed E-state index contributed by atoms with van der Waals surface area (Å²) in [6, 6.07) is 0. The van der Waals surface area contributed by atoms with E-state index in [1.54, 1.807) is 0 Å². The molecule has 0 saturated heterocycles. The lowest BCUT2D eigenvalue weighted by Gasteiger charge is -2.39. The van der Waals surface area contributed by atoms with E-state index in [9.17, 15) is 0 Å². The molecule has 1 aliphatic carbocycles. The third kappa shape index (κ3) is 2.18. The van der Waals surface area contributed by atoms with Crippen LogP contribution in [0.3, 0.4) is 0 Å². The van der Waals surface area contributed by atoms with Crippen molar-refractivity contribution >= 4 is 5.96 Å². The summed E-state index contributed by atoms with van der Waals surface area (Å²) in [6.45, 7) is 6.60. The lowest BCUT2D eigenvalue weighted by molar-refractivity contribution is 0.169. The zero-order valence-electron chi connectivity index (χ0n) is 10.7. The minimum atomic E-state index is 0.253. The molecular formula is C13H25N3. The zero-order valence-corrected chi connectivity index (χ0v) is 10.7. The van der Waals surface area contributed by atoms with E-state index in [-0.39, 0.29) is 5.54 Å². The number of hydrogen-bond acceptors (Lipinski definition) is 3. The van der Waals surface area contributed by atoms with Crippen LogP contribution in [0.2, 0.25) is 0 Å². The van der Waals surface area contributed by atoms with Crippen LogP contribution in [0.25, 0.3) is 0 Å². The monoisotopic (exact) mass is 223 g/mol. The Kier molecular flexibility index (Phi) is 3.41. The minimum absolute atomic E-state index is 0.253. The molecule has 0 bridgehead atoms. The molecule has 3 nitrogen and oxygen atoms in total. The first-order chi connectivity index (χ1) is 7.72. The minimum Gasteiger partial charge on any atom is -0.370 e. The van der Waals surface area contributed by atoms with Crippen molar-refractivity contribution in [1.29, 1.82) is 0 Å². The van der Waals surface area contributed by atoms with Crippen LogP contribution >= 0.6 is 0 Å². The molecule has 0 spiro atoms. The predicted molar refractivity (Wildman–Crippen MR) is 68.5 cm³/mol. The lowest BCUT2D eigenvalue weighted by atomic mass is 9.88. The maximum Gasteiger partial charge on any atom is 0.191 e. The smallest absolute Gasteiger partial charge is 0.191 e. The van der Waals surface area contributed by atoms with Gasteiger partial charge in [-0.1, -0.05) is 26.7 Å². The van der Waals surface area contributed by atoms with Crippen LogP contribution in [-0.4, -0.2) is 29.5 Å². The molecule has 0 radical (unpaired) electrons. The molecule has 16 heavy (non-hydrogen) atoms. The highest BCUT2D eigenvalue weighted by Crippen LogP contribution is 2.37. The number of rotatable bonds is 6. The Hall–Kier alpha value is -0.730. The molecule has 1 aliphatic heterocycles. The van der Waals surface area contributed by atoms with Gasteiger partial charge >= 0.3 is 0 Å². The third-order valence-corrected chi connectivity index (χ3v) is 4.18.